The number of thioether (sulfide) groups is 1. The number of carbonyl (C=O) groups is 2. The summed E-state index contributed by atoms with van der Waals surface area (Å²) in [4.78, 5) is 26.0. The van der Waals surface area contributed by atoms with Gasteiger partial charge >= 0.3 is 5.97 Å². The first-order valence-electron chi connectivity index (χ1n) is 4.97. The van der Waals surface area contributed by atoms with Gasteiger partial charge in [-0.2, -0.15) is 0 Å². The van der Waals surface area contributed by atoms with Crippen LogP contribution in [0.25, 0.3) is 6.08 Å². The highest BCUT2D eigenvalue weighted by Gasteiger charge is 2.33. The van der Waals surface area contributed by atoms with E-state index in [2.05, 4.69) is 4.74 Å². The fourth-order valence-corrected chi connectivity index (χ4v) is 3.31. The number of thiocarbonyl (C=S) groups is 1. The van der Waals surface area contributed by atoms with Gasteiger partial charge in [0.25, 0.3) is 5.91 Å². The zero-order chi connectivity index (χ0) is 13.1. The van der Waals surface area contributed by atoms with Crippen LogP contribution in [0.3, 0.4) is 0 Å². The number of hydrogen-bond donors (Lipinski definition) is 0. The summed E-state index contributed by atoms with van der Waals surface area (Å²) in [5.41, 5.74) is 0. The van der Waals surface area contributed by atoms with Crippen LogP contribution in [0.5, 0.6) is 0 Å². The lowest BCUT2D eigenvalue weighted by atomic mass is 10.4. The Labute approximate surface area is 118 Å². The summed E-state index contributed by atoms with van der Waals surface area (Å²) < 4.78 is 4.91. The molecule has 0 saturated carbocycles. The summed E-state index contributed by atoms with van der Waals surface area (Å²) in [5.74, 6) is -0.729. The molecule has 0 spiro atoms. The van der Waals surface area contributed by atoms with Crippen LogP contribution in [0.2, 0.25) is 0 Å². The Bertz CT molecular complexity index is 522. The summed E-state index contributed by atoms with van der Waals surface area (Å²) in [6.45, 7) is -0.136. The highest BCUT2D eigenvalue weighted by Crippen LogP contribution is 2.32. The monoisotopic (exact) mass is 299 g/mol. The second kappa shape index (κ2) is 5.64. The number of esters is 1. The van der Waals surface area contributed by atoms with Gasteiger partial charge in [-0.05, 0) is 17.5 Å². The van der Waals surface area contributed by atoms with E-state index in [0.29, 0.717) is 9.23 Å². The van der Waals surface area contributed by atoms with Crippen LogP contribution in [0.4, 0.5) is 0 Å². The Hall–Kier alpha value is -1.18. The van der Waals surface area contributed by atoms with E-state index in [1.54, 1.807) is 6.08 Å². The van der Waals surface area contributed by atoms with Crippen molar-refractivity contribution >= 4 is 57.6 Å². The van der Waals surface area contributed by atoms with Gasteiger partial charge in [-0.15, -0.1) is 11.3 Å². The molecule has 0 atom stereocenters. The summed E-state index contributed by atoms with van der Waals surface area (Å²) in [6, 6.07) is 3.82. The molecule has 1 saturated heterocycles. The molecule has 1 fully saturated rings. The maximum absolute atomic E-state index is 12.0. The molecule has 2 heterocycles. The molecule has 1 amide bonds. The van der Waals surface area contributed by atoms with Crippen molar-refractivity contribution in [2.75, 3.05) is 13.7 Å². The van der Waals surface area contributed by atoms with Crippen molar-refractivity contribution in [3.05, 3.63) is 27.3 Å². The Balaban J connectivity index is 2.16. The molecule has 0 radical (unpaired) electrons. The van der Waals surface area contributed by atoms with Crippen molar-refractivity contribution in [2.24, 2.45) is 0 Å². The molecule has 18 heavy (non-hydrogen) atoms. The Morgan fingerprint density at radius 3 is 3.00 bits per heavy atom. The minimum Gasteiger partial charge on any atom is -0.468 e. The highest BCUT2D eigenvalue weighted by atomic mass is 32.2. The van der Waals surface area contributed by atoms with Crippen molar-refractivity contribution in [3.8, 4) is 0 Å². The maximum Gasteiger partial charge on any atom is 0.325 e. The average Bonchev–Trinajstić information content (AvgIpc) is 2.94. The van der Waals surface area contributed by atoms with E-state index in [4.69, 9.17) is 12.2 Å². The van der Waals surface area contributed by atoms with Crippen LogP contribution in [-0.4, -0.2) is 34.8 Å². The number of methoxy groups -OCH3 is 1. The Morgan fingerprint density at radius 1 is 1.61 bits per heavy atom. The molecule has 1 aliphatic heterocycles. The summed E-state index contributed by atoms with van der Waals surface area (Å²) in [5, 5.41) is 1.93. The van der Waals surface area contributed by atoms with Gasteiger partial charge in [0.15, 0.2) is 0 Å². The van der Waals surface area contributed by atoms with Gasteiger partial charge < -0.3 is 4.74 Å². The van der Waals surface area contributed by atoms with Crippen LogP contribution in [0, 0.1) is 0 Å². The van der Waals surface area contributed by atoms with Gasteiger partial charge in [-0.3, -0.25) is 14.5 Å². The average molecular weight is 299 g/mol. The van der Waals surface area contributed by atoms with Gasteiger partial charge in [-0.25, -0.2) is 0 Å². The van der Waals surface area contributed by atoms with Crippen LogP contribution >= 0.6 is 35.3 Å². The predicted molar refractivity (Wildman–Crippen MR) is 76.2 cm³/mol. The van der Waals surface area contributed by atoms with Gasteiger partial charge in [-0.1, -0.05) is 30.0 Å². The molecule has 7 heteroatoms. The van der Waals surface area contributed by atoms with Crippen molar-refractivity contribution in [1.82, 2.24) is 4.90 Å². The summed E-state index contributed by atoms with van der Waals surface area (Å²) in [6.07, 6.45) is 1.78. The molecule has 2 rings (SSSR count). The van der Waals surface area contributed by atoms with E-state index in [9.17, 15) is 9.59 Å². The zero-order valence-corrected chi connectivity index (χ0v) is 11.9. The SMILES string of the molecule is COC(=O)CN1C(=O)/C(=C\c2cccs2)SC1=S. The second-order valence-corrected chi connectivity index (χ2v) is 6.01. The normalized spacial score (nSPS) is 17.6. The molecule has 4 nitrogen and oxygen atoms in total. The van der Waals surface area contributed by atoms with Gasteiger partial charge in [0.05, 0.1) is 12.0 Å². The molecule has 1 aliphatic rings. The molecule has 94 valence electrons. The van der Waals surface area contributed by atoms with Crippen molar-refractivity contribution in [2.45, 2.75) is 0 Å². The van der Waals surface area contributed by atoms with Gasteiger partial charge in [0.1, 0.15) is 10.9 Å². The standard InChI is InChI=1S/C11H9NO3S3/c1-15-9(13)6-12-10(14)8(18-11(12)16)5-7-3-2-4-17-7/h2-5H,6H2,1H3/b8-5+. The number of rotatable bonds is 3. The maximum atomic E-state index is 12.0. The van der Waals surface area contributed by atoms with Crippen LogP contribution in [-0.2, 0) is 14.3 Å². The third kappa shape index (κ3) is 2.80. The number of thiophene rings is 1. The first-order chi connectivity index (χ1) is 8.61. The largest absolute Gasteiger partial charge is 0.468 e. The molecule has 1 aromatic rings. The summed E-state index contributed by atoms with van der Waals surface area (Å²) >= 11 is 7.82. The third-order valence-electron chi connectivity index (χ3n) is 2.21. The second-order valence-electron chi connectivity index (χ2n) is 3.36. The molecular formula is C11H9NO3S3. The first kappa shape index (κ1) is 13.3. The Kier molecular flexibility index (Phi) is 4.15. The number of nitrogens with zero attached hydrogens (tertiary/aromatic N) is 1. The fraction of sp³-hybridized carbons (Fsp3) is 0.182. The fourth-order valence-electron chi connectivity index (χ4n) is 1.33. The van der Waals surface area contributed by atoms with E-state index in [1.165, 1.54) is 35.1 Å². The van der Waals surface area contributed by atoms with Crippen LogP contribution < -0.4 is 0 Å². The van der Waals surface area contributed by atoms with Gasteiger partial charge in [0.2, 0.25) is 0 Å². The van der Waals surface area contributed by atoms with Gasteiger partial charge in [0, 0.05) is 4.88 Å². The molecular weight excluding hydrogens is 290 g/mol. The smallest absolute Gasteiger partial charge is 0.325 e. The van der Waals surface area contributed by atoms with Crippen molar-refractivity contribution in [1.29, 1.82) is 0 Å². The molecule has 0 aliphatic carbocycles. The lowest BCUT2D eigenvalue weighted by molar-refractivity contribution is -0.143. The zero-order valence-electron chi connectivity index (χ0n) is 9.41. The third-order valence-corrected chi connectivity index (χ3v) is 4.40. The van der Waals surface area contributed by atoms with Crippen molar-refractivity contribution < 1.29 is 14.3 Å². The lowest BCUT2D eigenvalue weighted by Gasteiger charge is -2.11. The predicted octanol–water partition coefficient (Wildman–Crippen LogP) is 2.12. The topological polar surface area (TPSA) is 46.6 Å². The molecule has 0 aromatic carbocycles. The summed E-state index contributed by atoms with van der Waals surface area (Å²) in [7, 11) is 1.28. The van der Waals surface area contributed by atoms with E-state index in [1.807, 2.05) is 17.5 Å². The molecule has 0 unspecified atom stereocenters. The van der Waals surface area contributed by atoms with E-state index in [-0.39, 0.29) is 12.5 Å². The molecule has 1 aromatic heterocycles. The highest BCUT2D eigenvalue weighted by molar-refractivity contribution is 8.26. The lowest BCUT2D eigenvalue weighted by Crippen LogP contribution is -2.33. The molecule has 0 bridgehead atoms. The van der Waals surface area contributed by atoms with E-state index >= 15 is 0 Å². The minimum atomic E-state index is -0.483. The minimum absolute atomic E-state index is 0.136. The molecule has 0 N–H and O–H groups in total. The number of carbonyl (C=O) groups excluding carboxylic acids is 2. The van der Waals surface area contributed by atoms with E-state index in [0.717, 1.165) is 4.88 Å². The van der Waals surface area contributed by atoms with E-state index < -0.39 is 5.97 Å². The number of ether oxygens (including phenoxy) is 1. The number of hydrogen-bond acceptors (Lipinski definition) is 6. The number of amides is 1. The van der Waals surface area contributed by atoms with Crippen LogP contribution in [0.15, 0.2) is 22.4 Å². The quantitative estimate of drug-likeness (QED) is 0.486. The first-order valence-corrected chi connectivity index (χ1v) is 7.08. The van der Waals surface area contributed by atoms with Crippen LogP contribution in [0.1, 0.15) is 4.88 Å². The Morgan fingerprint density at radius 2 is 2.39 bits per heavy atom. The van der Waals surface area contributed by atoms with Crippen molar-refractivity contribution in [3.63, 3.8) is 0 Å².